The third-order valence-corrected chi connectivity index (χ3v) is 7.01. The van der Waals surface area contributed by atoms with E-state index in [-0.39, 0.29) is 11.7 Å². The molecule has 2 aromatic heterocycles. The van der Waals surface area contributed by atoms with Crippen molar-refractivity contribution in [3.05, 3.63) is 71.9 Å². The predicted octanol–water partition coefficient (Wildman–Crippen LogP) is 5.24. The third kappa shape index (κ3) is 3.99. The lowest BCUT2D eigenvalue weighted by Crippen LogP contribution is -2.38. The van der Waals surface area contributed by atoms with E-state index in [0.717, 1.165) is 29.8 Å². The lowest BCUT2D eigenvalue weighted by molar-refractivity contribution is 0.0704. The first-order chi connectivity index (χ1) is 16.1. The maximum atomic E-state index is 13.4. The molecule has 1 aliphatic heterocycles. The van der Waals surface area contributed by atoms with E-state index in [0.29, 0.717) is 29.9 Å². The van der Waals surface area contributed by atoms with Gasteiger partial charge in [0.25, 0.3) is 5.91 Å². The summed E-state index contributed by atoms with van der Waals surface area (Å²) in [6, 6.07) is 12.2. The van der Waals surface area contributed by atoms with Crippen LogP contribution in [-0.2, 0) is 0 Å². The largest absolute Gasteiger partial charge is 0.497 e. The molecule has 0 bridgehead atoms. The Hall–Kier alpha value is -3.26. The van der Waals surface area contributed by atoms with Gasteiger partial charge in [-0.05, 0) is 73.0 Å². The highest BCUT2D eigenvalue weighted by molar-refractivity contribution is 7.98. The van der Waals surface area contributed by atoms with Crippen LogP contribution in [0.2, 0.25) is 0 Å². The summed E-state index contributed by atoms with van der Waals surface area (Å²) in [6.45, 7) is 1.34. The van der Waals surface area contributed by atoms with Gasteiger partial charge >= 0.3 is 0 Å². The Morgan fingerprint density at radius 1 is 1.18 bits per heavy atom. The Labute approximate surface area is 195 Å². The van der Waals surface area contributed by atoms with Crippen molar-refractivity contribution in [1.82, 2.24) is 19.4 Å². The molecular weight excluding hydrogens is 439 g/mol. The average Bonchev–Trinajstić information content (AvgIpc) is 3.48. The van der Waals surface area contributed by atoms with Gasteiger partial charge in [0.05, 0.1) is 13.3 Å². The number of hydrogen-bond acceptors (Lipinski definition) is 4. The number of halogens is 1. The van der Waals surface area contributed by atoms with Crippen molar-refractivity contribution in [3.8, 4) is 11.4 Å². The first-order valence-electron chi connectivity index (χ1n) is 10.9. The summed E-state index contributed by atoms with van der Waals surface area (Å²) in [5.41, 5.74) is 3.60. The van der Waals surface area contributed by atoms with Crippen molar-refractivity contribution in [3.63, 3.8) is 0 Å². The number of aromatic amines is 1. The number of likely N-dealkylation sites (tertiary alicyclic amines) is 1. The van der Waals surface area contributed by atoms with E-state index < -0.39 is 0 Å². The molecular formula is C25H25FN4O2S. The maximum absolute atomic E-state index is 13.4. The van der Waals surface area contributed by atoms with E-state index in [1.165, 1.54) is 34.8 Å². The SMILES string of the molecule is COc1ccc2[nH]cc(C3CCN(C(=O)c4cnc(SC)n4-c4ccc(F)cc4)CC3)c2c1. The number of hydrogen-bond donors (Lipinski definition) is 1. The van der Waals surface area contributed by atoms with Crippen molar-refractivity contribution in [2.75, 3.05) is 26.5 Å². The first kappa shape index (κ1) is 21.6. The van der Waals surface area contributed by atoms with Gasteiger partial charge in [-0.3, -0.25) is 9.36 Å². The second-order valence-electron chi connectivity index (χ2n) is 8.16. The Kier molecular flexibility index (Phi) is 5.85. The minimum Gasteiger partial charge on any atom is -0.497 e. The molecule has 0 aliphatic carbocycles. The number of piperidine rings is 1. The lowest BCUT2D eigenvalue weighted by Gasteiger charge is -2.32. The van der Waals surface area contributed by atoms with Crippen molar-refractivity contribution in [2.45, 2.75) is 23.9 Å². The Morgan fingerprint density at radius 3 is 2.64 bits per heavy atom. The molecule has 6 nitrogen and oxygen atoms in total. The van der Waals surface area contributed by atoms with Crippen LogP contribution >= 0.6 is 11.8 Å². The summed E-state index contributed by atoms with van der Waals surface area (Å²) in [6.07, 6.45) is 7.39. The molecule has 0 radical (unpaired) electrons. The van der Waals surface area contributed by atoms with E-state index in [2.05, 4.69) is 22.2 Å². The second kappa shape index (κ2) is 8.94. The lowest BCUT2D eigenvalue weighted by atomic mass is 9.89. The van der Waals surface area contributed by atoms with E-state index in [1.807, 2.05) is 27.9 Å². The van der Waals surface area contributed by atoms with Gasteiger partial charge in [-0.15, -0.1) is 0 Å². The highest BCUT2D eigenvalue weighted by atomic mass is 32.2. The number of carbonyl (C=O) groups is 1. The topological polar surface area (TPSA) is 63.1 Å². The van der Waals surface area contributed by atoms with Crippen LogP contribution in [-0.4, -0.2) is 51.8 Å². The number of ether oxygens (including phenoxy) is 1. The number of imidazole rings is 1. The second-order valence-corrected chi connectivity index (χ2v) is 8.94. The van der Waals surface area contributed by atoms with Crippen LogP contribution in [0.1, 0.15) is 34.8 Å². The van der Waals surface area contributed by atoms with Gasteiger partial charge in [0.2, 0.25) is 0 Å². The van der Waals surface area contributed by atoms with Crippen LogP contribution in [0.4, 0.5) is 4.39 Å². The number of aromatic nitrogens is 3. The number of H-pyrrole nitrogens is 1. The molecule has 0 saturated carbocycles. The molecule has 0 atom stereocenters. The van der Waals surface area contributed by atoms with Crippen molar-refractivity contribution < 1.29 is 13.9 Å². The summed E-state index contributed by atoms with van der Waals surface area (Å²) in [7, 11) is 1.68. The monoisotopic (exact) mass is 464 g/mol. The zero-order chi connectivity index (χ0) is 22.9. The summed E-state index contributed by atoms with van der Waals surface area (Å²) in [4.78, 5) is 23.1. The third-order valence-electron chi connectivity index (χ3n) is 6.36. The van der Waals surface area contributed by atoms with Gasteiger partial charge in [-0.1, -0.05) is 11.8 Å². The minimum absolute atomic E-state index is 0.0498. The zero-order valence-corrected chi connectivity index (χ0v) is 19.4. The summed E-state index contributed by atoms with van der Waals surface area (Å²) in [5, 5.41) is 1.88. The Morgan fingerprint density at radius 2 is 1.94 bits per heavy atom. The highest BCUT2D eigenvalue weighted by Crippen LogP contribution is 2.35. The normalized spacial score (nSPS) is 14.7. The molecule has 3 heterocycles. The number of amides is 1. The van der Waals surface area contributed by atoms with Gasteiger partial charge in [0.15, 0.2) is 5.16 Å². The molecule has 1 saturated heterocycles. The molecule has 1 aliphatic rings. The molecule has 8 heteroatoms. The molecule has 4 aromatic rings. The van der Waals surface area contributed by atoms with Gasteiger partial charge < -0.3 is 14.6 Å². The molecule has 170 valence electrons. The minimum atomic E-state index is -0.311. The predicted molar refractivity (Wildman–Crippen MR) is 128 cm³/mol. The van der Waals surface area contributed by atoms with Crippen LogP contribution in [0.5, 0.6) is 5.75 Å². The van der Waals surface area contributed by atoms with E-state index in [1.54, 1.807) is 25.4 Å². The molecule has 1 amide bonds. The standard InChI is InChI=1S/C25H25FN4O2S/c1-32-19-7-8-22-20(13-19)21(14-27-22)16-9-11-29(12-10-16)24(31)23-15-28-25(33-2)30(23)18-5-3-17(26)4-6-18/h3-8,13-16,27H,9-12H2,1-2H3. The quantitative estimate of drug-likeness (QED) is 0.410. The molecule has 2 aromatic carbocycles. The fourth-order valence-corrected chi connectivity index (χ4v) is 5.16. The number of thioether (sulfide) groups is 1. The fourth-order valence-electron chi connectivity index (χ4n) is 4.61. The highest BCUT2D eigenvalue weighted by Gasteiger charge is 2.29. The Balaban J connectivity index is 1.36. The number of rotatable bonds is 5. The van der Waals surface area contributed by atoms with E-state index in [4.69, 9.17) is 4.74 Å². The van der Waals surface area contributed by atoms with Crippen LogP contribution in [0.25, 0.3) is 16.6 Å². The number of nitrogens with one attached hydrogen (secondary N) is 1. The fraction of sp³-hybridized carbons (Fsp3) is 0.280. The number of nitrogens with zero attached hydrogens (tertiary/aromatic N) is 3. The average molecular weight is 465 g/mol. The molecule has 5 rings (SSSR count). The molecule has 0 spiro atoms. The van der Waals surface area contributed by atoms with Gasteiger partial charge in [-0.2, -0.15) is 0 Å². The summed E-state index contributed by atoms with van der Waals surface area (Å²) >= 11 is 1.46. The number of methoxy groups -OCH3 is 1. The zero-order valence-electron chi connectivity index (χ0n) is 18.5. The van der Waals surface area contributed by atoms with Crippen molar-refractivity contribution >= 4 is 28.6 Å². The van der Waals surface area contributed by atoms with E-state index >= 15 is 0 Å². The number of fused-ring (bicyclic) bond motifs is 1. The molecule has 1 fully saturated rings. The number of benzene rings is 2. The molecule has 33 heavy (non-hydrogen) atoms. The Bertz CT molecular complexity index is 1290. The maximum Gasteiger partial charge on any atom is 0.272 e. The number of carbonyl (C=O) groups excluding carboxylic acids is 1. The van der Waals surface area contributed by atoms with Crippen LogP contribution < -0.4 is 4.74 Å². The van der Waals surface area contributed by atoms with Crippen molar-refractivity contribution in [2.24, 2.45) is 0 Å². The first-order valence-corrected chi connectivity index (χ1v) is 12.1. The smallest absolute Gasteiger partial charge is 0.272 e. The molecule has 1 N–H and O–H groups in total. The van der Waals surface area contributed by atoms with Crippen molar-refractivity contribution in [1.29, 1.82) is 0 Å². The van der Waals surface area contributed by atoms with Crippen LogP contribution in [0, 0.1) is 5.82 Å². The van der Waals surface area contributed by atoms with Gasteiger partial charge in [0.1, 0.15) is 17.3 Å². The van der Waals surface area contributed by atoms with Gasteiger partial charge in [0, 0.05) is 35.9 Å². The molecule has 0 unspecified atom stereocenters. The van der Waals surface area contributed by atoms with E-state index in [9.17, 15) is 9.18 Å². The van der Waals surface area contributed by atoms with Crippen LogP contribution in [0.15, 0.2) is 60.0 Å². The van der Waals surface area contributed by atoms with Crippen LogP contribution in [0.3, 0.4) is 0 Å². The summed E-state index contributed by atoms with van der Waals surface area (Å²) < 4.78 is 20.6. The van der Waals surface area contributed by atoms with Gasteiger partial charge in [-0.25, -0.2) is 9.37 Å². The summed E-state index contributed by atoms with van der Waals surface area (Å²) in [5.74, 6) is 0.855.